The van der Waals surface area contributed by atoms with Crippen molar-refractivity contribution >= 4 is 22.8 Å². The van der Waals surface area contributed by atoms with Gasteiger partial charge in [0.05, 0.1) is 17.2 Å². The van der Waals surface area contributed by atoms with Gasteiger partial charge < -0.3 is 9.30 Å². The first-order valence-corrected chi connectivity index (χ1v) is 7.87. The van der Waals surface area contributed by atoms with Crippen molar-refractivity contribution in [3.8, 4) is 5.75 Å². The van der Waals surface area contributed by atoms with Crippen molar-refractivity contribution in [1.29, 1.82) is 0 Å². The van der Waals surface area contributed by atoms with Crippen molar-refractivity contribution in [2.45, 2.75) is 34.2 Å². The van der Waals surface area contributed by atoms with E-state index in [0.29, 0.717) is 6.61 Å². The third-order valence-corrected chi connectivity index (χ3v) is 4.45. The molecule has 0 aliphatic rings. The smallest absolute Gasteiger partial charge is 0.190 e. The molecule has 21 heavy (non-hydrogen) atoms. The standard InChI is InChI=1S/C16H20N2O2S/c1-5-18-11(3)15(12(4)19)21-16(18)17-13-7-9-14(10-8-13)20-6-2/h7-10H,5-6H2,1-4H3/b17-16+. The van der Waals surface area contributed by atoms with Crippen LogP contribution in [0.1, 0.15) is 36.1 Å². The van der Waals surface area contributed by atoms with E-state index in [1.165, 1.54) is 11.3 Å². The van der Waals surface area contributed by atoms with Crippen molar-refractivity contribution in [1.82, 2.24) is 4.57 Å². The van der Waals surface area contributed by atoms with Crippen LogP contribution < -0.4 is 9.54 Å². The third-order valence-electron chi connectivity index (χ3n) is 3.17. The number of nitrogens with zero attached hydrogens (tertiary/aromatic N) is 2. The Labute approximate surface area is 128 Å². The van der Waals surface area contributed by atoms with E-state index in [0.717, 1.165) is 33.4 Å². The molecule has 0 unspecified atom stereocenters. The van der Waals surface area contributed by atoms with Crippen molar-refractivity contribution in [2.24, 2.45) is 4.99 Å². The topological polar surface area (TPSA) is 43.6 Å². The molecule has 0 saturated heterocycles. The number of hydrogen-bond acceptors (Lipinski definition) is 4. The number of ether oxygens (including phenoxy) is 1. The number of aromatic nitrogens is 1. The third kappa shape index (κ3) is 3.42. The molecule has 0 aliphatic carbocycles. The number of benzene rings is 1. The largest absolute Gasteiger partial charge is 0.494 e. The summed E-state index contributed by atoms with van der Waals surface area (Å²) in [5.41, 5.74) is 1.84. The lowest BCUT2D eigenvalue weighted by molar-refractivity contribution is 0.102. The number of rotatable bonds is 5. The second-order valence-corrected chi connectivity index (χ2v) is 5.62. The Morgan fingerprint density at radius 3 is 2.48 bits per heavy atom. The van der Waals surface area contributed by atoms with Crippen LogP contribution >= 0.6 is 11.3 Å². The SMILES string of the molecule is CCOc1ccc(/N=c2/sc(C(C)=O)c(C)n2CC)cc1. The summed E-state index contributed by atoms with van der Waals surface area (Å²) in [5, 5.41) is 0. The van der Waals surface area contributed by atoms with Crippen LogP contribution in [0.15, 0.2) is 29.3 Å². The number of hydrogen-bond donors (Lipinski definition) is 0. The van der Waals surface area contributed by atoms with E-state index in [4.69, 9.17) is 4.74 Å². The number of thiazole rings is 1. The van der Waals surface area contributed by atoms with Crippen molar-refractivity contribution < 1.29 is 9.53 Å². The van der Waals surface area contributed by atoms with Gasteiger partial charge in [0.2, 0.25) is 0 Å². The van der Waals surface area contributed by atoms with Crippen LogP contribution in [0.5, 0.6) is 5.75 Å². The molecule has 0 fully saturated rings. The van der Waals surface area contributed by atoms with E-state index in [1.54, 1.807) is 6.92 Å². The van der Waals surface area contributed by atoms with Gasteiger partial charge in [-0.2, -0.15) is 0 Å². The molecule has 5 heteroatoms. The van der Waals surface area contributed by atoms with Crippen LogP contribution in [-0.2, 0) is 6.54 Å². The lowest BCUT2D eigenvalue weighted by Crippen LogP contribution is -2.14. The van der Waals surface area contributed by atoms with Crippen molar-refractivity contribution in [2.75, 3.05) is 6.61 Å². The Kier molecular flexibility index (Phi) is 4.96. The Morgan fingerprint density at radius 2 is 1.95 bits per heavy atom. The van der Waals surface area contributed by atoms with E-state index in [9.17, 15) is 4.79 Å². The molecule has 112 valence electrons. The monoisotopic (exact) mass is 304 g/mol. The minimum atomic E-state index is 0.0906. The predicted molar refractivity (Wildman–Crippen MR) is 85.6 cm³/mol. The lowest BCUT2D eigenvalue weighted by atomic mass is 10.3. The molecule has 0 N–H and O–H groups in total. The summed E-state index contributed by atoms with van der Waals surface area (Å²) in [6, 6.07) is 7.66. The fourth-order valence-electron chi connectivity index (χ4n) is 2.16. The molecule has 2 rings (SSSR count). The second-order valence-electron chi connectivity index (χ2n) is 4.64. The molecular formula is C16H20N2O2S. The molecule has 1 heterocycles. The molecule has 1 aromatic carbocycles. The van der Waals surface area contributed by atoms with E-state index < -0.39 is 0 Å². The van der Waals surface area contributed by atoms with Gasteiger partial charge in [-0.3, -0.25) is 4.79 Å². The average molecular weight is 304 g/mol. The zero-order chi connectivity index (χ0) is 15.4. The summed E-state index contributed by atoms with van der Waals surface area (Å²) in [5.74, 6) is 0.930. The number of ketones is 1. The van der Waals surface area contributed by atoms with Gasteiger partial charge in [0.1, 0.15) is 5.75 Å². The summed E-state index contributed by atoms with van der Waals surface area (Å²) in [4.78, 5) is 17.9. The van der Waals surface area contributed by atoms with Crippen molar-refractivity contribution in [3.05, 3.63) is 39.6 Å². The Bertz CT molecular complexity index is 696. The predicted octanol–water partition coefficient (Wildman–Crippen LogP) is 3.71. The highest BCUT2D eigenvalue weighted by Gasteiger charge is 2.12. The lowest BCUT2D eigenvalue weighted by Gasteiger charge is -2.03. The summed E-state index contributed by atoms with van der Waals surface area (Å²) in [7, 11) is 0. The molecule has 0 spiro atoms. The van der Waals surface area contributed by atoms with Gasteiger partial charge in [-0.15, -0.1) is 0 Å². The molecule has 0 bridgehead atoms. The van der Waals surface area contributed by atoms with E-state index in [1.807, 2.05) is 38.1 Å². The first-order valence-electron chi connectivity index (χ1n) is 7.05. The summed E-state index contributed by atoms with van der Waals surface area (Å²) in [6.07, 6.45) is 0. The number of carbonyl (C=O) groups excluding carboxylic acids is 1. The van der Waals surface area contributed by atoms with E-state index in [2.05, 4.69) is 16.5 Å². The van der Waals surface area contributed by atoms with Crippen LogP contribution in [0, 0.1) is 6.92 Å². The first kappa shape index (κ1) is 15.5. The molecule has 4 nitrogen and oxygen atoms in total. The molecule has 0 atom stereocenters. The van der Waals surface area contributed by atoms with Crippen LogP contribution in [0.25, 0.3) is 0 Å². The maximum atomic E-state index is 11.7. The first-order chi connectivity index (χ1) is 10.1. The van der Waals surface area contributed by atoms with Crippen LogP contribution in [-0.4, -0.2) is 17.0 Å². The molecular weight excluding hydrogens is 284 g/mol. The highest BCUT2D eigenvalue weighted by Crippen LogP contribution is 2.19. The molecule has 0 amide bonds. The zero-order valence-corrected chi connectivity index (χ0v) is 13.7. The van der Waals surface area contributed by atoms with Gasteiger partial charge in [-0.05, 0) is 45.0 Å². The maximum absolute atomic E-state index is 11.7. The Morgan fingerprint density at radius 1 is 1.29 bits per heavy atom. The fourth-order valence-corrected chi connectivity index (χ4v) is 3.27. The molecule has 0 saturated carbocycles. The van der Waals surface area contributed by atoms with Crippen LogP contribution in [0.4, 0.5) is 5.69 Å². The molecule has 1 aromatic heterocycles. The zero-order valence-electron chi connectivity index (χ0n) is 12.8. The summed E-state index contributed by atoms with van der Waals surface area (Å²) >= 11 is 1.44. The average Bonchev–Trinajstić information content (AvgIpc) is 2.77. The van der Waals surface area contributed by atoms with Gasteiger partial charge in [-0.25, -0.2) is 4.99 Å². The highest BCUT2D eigenvalue weighted by molar-refractivity contribution is 7.11. The van der Waals surface area contributed by atoms with E-state index >= 15 is 0 Å². The van der Waals surface area contributed by atoms with Crippen molar-refractivity contribution in [3.63, 3.8) is 0 Å². The van der Waals surface area contributed by atoms with Gasteiger partial charge in [0, 0.05) is 19.2 Å². The fraction of sp³-hybridized carbons (Fsp3) is 0.375. The minimum Gasteiger partial charge on any atom is -0.494 e. The van der Waals surface area contributed by atoms with Gasteiger partial charge in [0.25, 0.3) is 0 Å². The number of carbonyl (C=O) groups is 1. The van der Waals surface area contributed by atoms with Crippen LogP contribution in [0.3, 0.4) is 0 Å². The highest BCUT2D eigenvalue weighted by atomic mass is 32.1. The Balaban J connectivity index is 2.45. The van der Waals surface area contributed by atoms with E-state index in [-0.39, 0.29) is 5.78 Å². The maximum Gasteiger partial charge on any atom is 0.190 e. The van der Waals surface area contributed by atoms with Gasteiger partial charge in [0.15, 0.2) is 10.6 Å². The Hall–Kier alpha value is -1.88. The van der Waals surface area contributed by atoms with Gasteiger partial charge >= 0.3 is 0 Å². The minimum absolute atomic E-state index is 0.0906. The van der Waals surface area contributed by atoms with Crippen LogP contribution in [0.2, 0.25) is 0 Å². The molecule has 0 aliphatic heterocycles. The molecule has 0 radical (unpaired) electrons. The summed E-state index contributed by atoms with van der Waals surface area (Å²) < 4.78 is 7.49. The summed E-state index contributed by atoms with van der Waals surface area (Å²) in [6.45, 7) is 9.03. The molecule has 2 aromatic rings. The normalized spacial score (nSPS) is 11.7. The quantitative estimate of drug-likeness (QED) is 0.790. The number of Topliss-reactive ketones (excluding diaryl/α,β-unsaturated/α-hetero) is 1. The second kappa shape index (κ2) is 6.72. The van der Waals surface area contributed by atoms with Gasteiger partial charge in [-0.1, -0.05) is 11.3 Å².